The molecule has 8 nitrogen and oxygen atoms in total. The molecule has 0 spiro atoms. The van der Waals surface area contributed by atoms with E-state index in [1.807, 2.05) is 0 Å². The second kappa shape index (κ2) is 7.10. The number of benzene rings is 1. The van der Waals surface area contributed by atoms with E-state index >= 15 is 0 Å². The van der Waals surface area contributed by atoms with Crippen LogP contribution in [0.3, 0.4) is 0 Å². The van der Waals surface area contributed by atoms with Crippen molar-refractivity contribution < 1.29 is 14.0 Å². The van der Waals surface area contributed by atoms with E-state index < -0.39 is 11.7 Å². The Morgan fingerprint density at radius 1 is 1.27 bits per heavy atom. The molecule has 3 aromatic rings. The number of hydrogen-bond acceptors (Lipinski definition) is 6. The van der Waals surface area contributed by atoms with Crippen molar-refractivity contribution in [2.45, 2.75) is 25.3 Å². The lowest BCUT2D eigenvalue weighted by Crippen LogP contribution is -2.19. The number of anilines is 3. The number of hydrogen-bond donors (Lipinski definition) is 3. The van der Waals surface area contributed by atoms with Crippen molar-refractivity contribution in [2.75, 3.05) is 10.6 Å². The van der Waals surface area contributed by atoms with Crippen LogP contribution in [-0.2, 0) is 9.59 Å². The Morgan fingerprint density at radius 3 is 2.80 bits per heavy atom. The molecule has 3 N–H and O–H groups in total. The Morgan fingerprint density at radius 2 is 2.10 bits per heavy atom. The quantitative estimate of drug-likeness (QED) is 0.427. The standard InChI is InChI=1S/C20H16ClFN6O2/c21-14-7-13(3-4-15(14)22)24-16-8-17(25-12-1-2-12)28-19(26-16)11(9-23-28)5-10-6-18(29)27-20(10)30/h3-5,7-9,12,25H,1-2,6H2,(H,24,26)(H,27,29,30). The van der Waals surface area contributed by atoms with E-state index in [2.05, 4.69) is 26.0 Å². The van der Waals surface area contributed by atoms with E-state index in [1.54, 1.807) is 28.9 Å². The average molecular weight is 427 g/mol. The third kappa shape index (κ3) is 3.59. The van der Waals surface area contributed by atoms with Crippen molar-refractivity contribution in [1.29, 1.82) is 0 Å². The molecule has 152 valence electrons. The van der Waals surface area contributed by atoms with Crippen molar-refractivity contribution in [3.05, 3.63) is 52.4 Å². The van der Waals surface area contributed by atoms with Gasteiger partial charge < -0.3 is 10.6 Å². The van der Waals surface area contributed by atoms with Crippen LogP contribution in [0.5, 0.6) is 0 Å². The second-order valence-corrected chi connectivity index (χ2v) is 7.67. The summed E-state index contributed by atoms with van der Waals surface area (Å²) < 4.78 is 15.1. The first kappa shape index (κ1) is 18.6. The van der Waals surface area contributed by atoms with Crippen LogP contribution in [-0.4, -0.2) is 32.5 Å². The number of nitrogens with one attached hydrogen (secondary N) is 3. The van der Waals surface area contributed by atoms with Crippen LogP contribution < -0.4 is 16.0 Å². The summed E-state index contributed by atoms with van der Waals surface area (Å²) in [5.74, 6) is -0.0146. The molecule has 3 heterocycles. The van der Waals surface area contributed by atoms with Gasteiger partial charge in [-0.15, -0.1) is 0 Å². The molecule has 2 fully saturated rings. The number of imide groups is 1. The van der Waals surface area contributed by atoms with Gasteiger partial charge >= 0.3 is 0 Å². The molecule has 1 saturated carbocycles. The minimum atomic E-state index is -0.504. The highest BCUT2D eigenvalue weighted by Gasteiger charge is 2.25. The average Bonchev–Trinajstić information content (AvgIpc) is 3.34. The van der Waals surface area contributed by atoms with E-state index in [9.17, 15) is 14.0 Å². The minimum absolute atomic E-state index is 0.00379. The summed E-state index contributed by atoms with van der Waals surface area (Å²) in [4.78, 5) is 28.0. The zero-order valence-corrected chi connectivity index (χ0v) is 16.3. The fraction of sp³-hybridized carbons (Fsp3) is 0.200. The lowest BCUT2D eigenvalue weighted by Gasteiger charge is -2.12. The van der Waals surface area contributed by atoms with Gasteiger partial charge in [0.15, 0.2) is 5.65 Å². The number of rotatable bonds is 5. The van der Waals surface area contributed by atoms with Crippen LogP contribution in [0.25, 0.3) is 11.7 Å². The molecule has 2 aliphatic rings. The molecular formula is C20H16ClFN6O2. The molecule has 0 bridgehead atoms. The first-order chi connectivity index (χ1) is 14.5. The fourth-order valence-corrected chi connectivity index (χ4v) is 3.40. The van der Waals surface area contributed by atoms with Gasteiger partial charge in [-0.1, -0.05) is 11.6 Å². The normalized spacial score (nSPS) is 17.6. The zero-order valence-electron chi connectivity index (χ0n) is 15.6. The van der Waals surface area contributed by atoms with Crippen molar-refractivity contribution >= 4 is 52.5 Å². The zero-order chi connectivity index (χ0) is 20.8. The maximum atomic E-state index is 13.5. The van der Waals surface area contributed by atoms with E-state index in [0.717, 1.165) is 18.7 Å². The molecule has 1 aliphatic heterocycles. The Kier molecular flexibility index (Phi) is 4.39. The third-order valence-electron chi connectivity index (χ3n) is 4.85. The van der Waals surface area contributed by atoms with Crippen LogP contribution in [0.1, 0.15) is 24.8 Å². The molecule has 0 unspecified atom stereocenters. The molecule has 2 aromatic heterocycles. The highest BCUT2D eigenvalue weighted by atomic mass is 35.5. The van der Waals surface area contributed by atoms with Gasteiger partial charge in [-0.05, 0) is 37.1 Å². The van der Waals surface area contributed by atoms with Gasteiger partial charge in [-0.2, -0.15) is 9.61 Å². The third-order valence-corrected chi connectivity index (χ3v) is 5.14. The molecule has 0 atom stereocenters. The number of aromatic nitrogens is 3. The van der Waals surface area contributed by atoms with Gasteiger partial charge in [0, 0.05) is 28.9 Å². The van der Waals surface area contributed by atoms with Crippen LogP contribution in [0.4, 0.5) is 21.7 Å². The molecule has 1 saturated heterocycles. The molecule has 1 aliphatic carbocycles. The first-order valence-corrected chi connectivity index (χ1v) is 9.76. The maximum absolute atomic E-state index is 13.5. The van der Waals surface area contributed by atoms with Gasteiger partial charge in [-0.25, -0.2) is 9.37 Å². The number of carbonyl (C=O) groups excluding carboxylic acids is 2. The minimum Gasteiger partial charge on any atom is -0.367 e. The van der Waals surface area contributed by atoms with Crippen LogP contribution >= 0.6 is 11.6 Å². The van der Waals surface area contributed by atoms with Gasteiger partial charge in [-0.3, -0.25) is 14.9 Å². The van der Waals surface area contributed by atoms with E-state index in [-0.39, 0.29) is 17.4 Å². The van der Waals surface area contributed by atoms with Gasteiger partial charge in [0.25, 0.3) is 5.91 Å². The highest BCUT2D eigenvalue weighted by Crippen LogP contribution is 2.29. The number of amides is 2. The predicted molar refractivity (Wildman–Crippen MR) is 110 cm³/mol. The number of halogens is 2. The lowest BCUT2D eigenvalue weighted by atomic mass is 10.1. The molecule has 1 aromatic carbocycles. The Hall–Kier alpha value is -3.46. The Labute approximate surface area is 175 Å². The summed E-state index contributed by atoms with van der Waals surface area (Å²) in [6.07, 6.45) is 5.38. The van der Waals surface area contributed by atoms with Crippen LogP contribution in [0.2, 0.25) is 5.02 Å². The molecule has 30 heavy (non-hydrogen) atoms. The number of carbonyl (C=O) groups is 2. The second-order valence-electron chi connectivity index (χ2n) is 7.26. The summed E-state index contributed by atoms with van der Waals surface area (Å²) in [7, 11) is 0. The Balaban J connectivity index is 1.57. The van der Waals surface area contributed by atoms with E-state index in [0.29, 0.717) is 34.3 Å². The van der Waals surface area contributed by atoms with Crippen molar-refractivity contribution in [2.24, 2.45) is 0 Å². The monoisotopic (exact) mass is 426 g/mol. The SMILES string of the molecule is O=C1CC(=Cc2cnn3c(NC4CC4)cc(Nc4ccc(F)c(Cl)c4)nc23)C(=O)N1. The van der Waals surface area contributed by atoms with E-state index in [4.69, 9.17) is 11.6 Å². The maximum Gasteiger partial charge on any atom is 0.254 e. The van der Waals surface area contributed by atoms with Gasteiger partial charge in [0.1, 0.15) is 17.5 Å². The van der Waals surface area contributed by atoms with Crippen molar-refractivity contribution in [3.8, 4) is 0 Å². The highest BCUT2D eigenvalue weighted by molar-refractivity contribution is 6.31. The molecule has 5 rings (SSSR count). The number of nitrogens with zero attached hydrogens (tertiary/aromatic N) is 3. The largest absolute Gasteiger partial charge is 0.367 e. The molecule has 10 heteroatoms. The van der Waals surface area contributed by atoms with Crippen molar-refractivity contribution in [1.82, 2.24) is 19.9 Å². The summed E-state index contributed by atoms with van der Waals surface area (Å²) in [5, 5.41) is 13.2. The topological polar surface area (TPSA) is 100 Å². The van der Waals surface area contributed by atoms with Gasteiger partial charge in [0.05, 0.1) is 17.6 Å². The molecular weight excluding hydrogens is 411 g/mol. The summed E-state index contributed by atoms with van der Waals surface area (Å²) in [5.41, 5.74) is 2.05. The first-order valence-electron chi connectivity index (χ1n) is 9.38. The molecule has 2 amide bonds. The Bertz CT molecular complexity index is 1230. The molecule has 0 radical (unpaired) electrons. The van der Waals surface area contributed by atoms with Gasteiger partial charge in [0.2, 0.25) is 5.91 Å². The summed E-state index contributed by atoms with van der Waals surface area (Å²) in [6, 6.07) is 6.49. The number of fused-ring (bicyclic) bond motifs is 1. The predicted octanol–water partition coefficient (Wildman–Crippen LogP) is 3.27. The summed E-state index contributed by atoms with van der Waals surface area (Å²) >= 11 is 5.88. The summed E-state index contributed by atoms with van der Waals surface area (Å²) in [6.45, 7) is 0. The van der Waals surface area contributed by atoms with Crippen molar-refractivity contribution in [3.63, 3.8) is 0 Å². The smallest absolute Gasteiger partial charge is 0.254 e. The lowest BCUT2D eigenvalue weighted by molar-refractivity contribution is -0.124. The van der Waals surface area contributed by atoms with E-state index in [1.165, 1.54) is 12.1 Å². The van der Waals surface area contributed by atoms with Crippen LogP contribution in [0.15, 0.2) is 36.0 Å². The fourth-order valence-electron chi connectivity index (χ4n) is 3.22. The van der Waals surface area contributed by atoms with Crippen LogP contribution in [0, 0.1) is 5.82 Å².